The lowest BCUT2D eigenvalue weighted by atomic mass is 10.1. The number of carbonyl (C=O) groups is 2. The number of phenols is 1. The number of ether oxygens (including phenoxy) is 1. The van der Waals surface area contributed by atoms with E-state index in [0.717, 1.165) is 23.8 Å². The molecule has 2 aromatic rings. The predicted octanol–water partition coefficient (Wildman–Crippen LogP) is 2.59. The lowest BCUT2D eigenvalue weighted by molar-refractivity contribution is 0.0600. The molecule has 0 bridgehead atoms. The summed E-state index contributed by atoms with van der Waals surface area (Å²) in [6.07, 6.45) is 0. The van der Waals surface area contributed by atoms with Crippen LogP contribution in [0.1, 0.15) is 26.3 Å². The van der Waals surface area contributed by atoms with E-state index in [9.17, 15) is 19.1 Å². The summed E-state index contributed by atoms with van der Waals surface area (Å²) < 4.78 is 17.8. The molecule has 0 saturated heterocycles. The van der Waals surface area contributed by atoms with E-state index < -0.39 is 17.7 Å². The van der Waals surface area contributed by atoms with Crippen molar-refractivity contribution in [3.05, 3.63) is 65.0 Å². The molecule has 0 aliphatic heterocycles. The van der Waals surface area contributed by atoms with Crippen molar-refractivity contribution in [2.45, 2.75) is 6.54 Å². The monoisotopic (exact) mass is 317 g/mol. The minimum atomic E-state index is -0.595. The second kappa shape index (κ2) is 6.91. The number of amides is 1. The first-order valence-electron chi connectivity index (χ1n) is 6.83. The van der Waals surface area contributed by atoms with Gasteiger partial charge in [-0.2, -0.15) is 0 Å². The van der Waals surface area contributed by atoms with Crippen molar-refractivity contribution in [1.82, 2.24) is 4.90 Å². The van der Waals surface area contributed by atoms with Gasteiger partial charge in [0.1, 0.15) is 11.6 Å². The molecule has 1 N–H and O–H groups in total. The second-order valence-electron chi connectivity index (χ2n) is 5.01. The number of phenolic OH excluding ortho intramolecular Hbond substituents is 1. The number of aromatic hydroxyl groups is 1. The van der Waals surface area contributed by atoms with Gasteiger partial charge < -0.3 is 14.7 Å². The molecule has 0 spiro atoms. The van der Waals surface area contributed by atoms with Crippen molar-refractivity contribution >= 4 is 11.9 Å². The largest absolute Gasteiger partial charge is 0.507 e. The summed E-state index contributed by atoms with van der Waals surface area (Å²) in [5, 5.41) is 9.68. The fourth-order valence-electron chi connectivity index (χ4n) is 2.09. The van der Waals surface area contributed by atoms with Crippen LogP contribution in [0.15, 0.2) is 42.5 Å². The number of hydrogen-bond donors (Lipinski definition) is 1. The molecular formula is C17H16FNO4. The van der Waals surface area contributed by atoms with E-state index in [1.165, 1.54) is 12.0 Å². The van der Waals surface area contributed by atoms with Gasteiger partial charge in [0.25, 0.3) is 5.91 Å². The van der Waals surface area contributed by atoms with Crippen LogP contribution in [-0.2, 0) is 11.3 Å². The molecule has 6 heteroatoms. The molecule has 0 saturated carbocycles. The van der Waals surface area contributed by atoms with Crippen molar-refractivity contribution in [2.24, 2.45) is 0 Å². The number of halogens is 1. The Hall–Kier alpha value is -2.89. The molecule has 0 aliphatic rings. The highest BCUT2D eigenvalue weighted by Crippen LogP contribution is 2.20. The topological polar surface area (TPSA) is 66.8 Å². The Morgan fingerprint density at radius 2 is 1.83 bits per heavy atom. The number of hydrogen-bond acceptors (Lipinski definition) is 4. The van der Waals surface area contributed by atoms with Gasteiger partial charge in [-0.05, 0) is 35.9 Å². The van der Waals surface area contributed by atoms with Crippen molar-refractivity contribution in [1.29, 1.82) is 0 Å². The van der Waals surface area contributed by atoms with Crippen LogP contribution in [0.3, 0.4) is 0 Å². The quantitative estimate of drug-likeness (QED) is 0.880. The molecule has 0 radical (unpaired) electrons. The van der Waals surface area contributed by atoms with E-state index in [2.05, 4.69) is 4.74 Å². The zero-order chi connectivity index (χ0) is 17.0. The van der Waals surface area contributed by atoms with E-state index in [1.54, 1.807) is 31.3 Å². The van der Waals surface area contributed by atoms with Gasteiger partial charge in [-0.1, -0.05) is 12.1 Å². The van der Waals surface area contributed by atoms with Gasteiger partial charge in [-0.15, -0.1) is 0 Å². The van der Waals surface area contributed by atoms with Crippen LogP contribution >= 0.6 is 0 Å². The third kappa shape index (κ3) is 3.85. The lowest BCUT2D eigenvalue weighted by Gasteiger charge is -2.18. The molecule has 2 aromatic carbocycles. The number of esters is 1. The Balaban J connectivity index is 2.12. The second-order valence-corrected chi connectivity index (χ2v) is 5.01. The number of benzene rings is 2. The zero-order valence-electron chi connectivity index (χ0n) is 12.7. The van der Waals surface area contributed by atoms with Crippen LogP contribution in [0, 0.1) is 5.82 Å². The molecule has 0 aliphatic carbocycles. The van der Waals surface area contributed by atoms with Crippen LogP contribution in [-0.4, -0.2) is 36.0 Å². The summed E-state index contributed by atoms with van der Waals surface area (Å²) in [7, 11) is 2.84. The average molecular weight is 317 g/mol. The van der Waals surface area contributed by atoms with Crippen LogP contribution in [0.2, 0.25) is 0 Å². The highest BCUT2D eigenvalue weighted by Gasteiger charge is 2.17. The van der Waals surface area contributed by atoms with Crippen LogP contribution in [0.25, 0.3) is 0 Å². The Labute approximate surface area is 132 Å². The van der Waals surface area contributed by atoms with E-state index >= 15 is 0 Å². The lowest BCUT2D eigenvalue weighted by Crippen LogP contribution is -2.26. The maximum atomic E-state index is 13.2. The fourth-order valence-corrected chi connectivity index (χ4v) is 2.09. The minimum Gasteiger partial charge on any atom is -0.507 e. The summed E-state index contributed by atoms with van der Waals surface area (Å²) in [4.78, 5) is 25.0. The smallest absolute Gasteiger partial charge is 0.337 e. The first-order valence-corrected chi connectivity index (χ1v) is 6.83. The highest BCUT2D eigenvalue weighted by atomic mass is 19.1. The molecule has 120 valence electrons. The first kappa shape index (κ1) is 16.5. The van der Waals surface area contributed by atoms with Crippen LogP contribution in [0.4, 0.5) is 4.39 Å². The summed E-state index contributed by atoms with van der Waals surface area (Å²) in [6, 6.07) is 9.80. The van der Waals surface area contributed by atoms with Crippen LogP contribution < -0.4 is 0 Å². The molecule has 2 rings (SSSR count). The van der Waals surface area contributed by atoms with Crippen molar-refractivity contribution in [3.63, 3.8) is 0 Å². The maximum absolute atomic E-state index is 13.2. The molecule has 1 amide bonds. The van der Waals surface area contributed by atoms with E-state index in [4.69, 9.17) is 0 Å². The van der Waals surface area contributed by atoms with Gasteiger partial charge in [0.2, 0.25) is 0 Å². The predicted molar refractivity (Wildman–Crippen MR) is 81.6 cm³/mol. The van der Waals surface area contributed by atoms with Gasteiger partial charge in [0.15, 0.2) is 0 Å². The summed E-state index contributed by atoms with van der Waals surface area (Å²) in [5.74, 6) is -1.81. The van der Waals surface area contributed by atoms with Crippen molar-refractivity contribution in [3.8, 4) is 5.75 Å². The molecule has 0 fully saturated rings. The molecule has 0 atom stereocenters. The molecule has 23 heavy (non-hydrogen) atoms. The maximum Gasteiger partial charge on any atom is 0.337 e. The number of rotatable bonds is 4. The molecule has 5 nitrogen and oxygen atoms in total. The van der Waals surface area contributed by atoms with Crippen molar-refractivity contribution in [2.75, 3.05) is 14.2 Å². The Morgan fingerprint density at radius 1 is 1.17 bits per heavy atom. The van der Waals surface area contributed by atoms with E-state index in [-0.39, 0.29) is 17.9 Å². The number of methoxy groups -OCH3 is 1. The van der Waals surface area contributed by atoms with Gasteiger partial charge in [-0.25, -0.2) is 9.18 Å². The van der Waals surface area contributed by atoms with Gasteiger partial charge >= 0.3 is 5.97 Å². The molecule has 0 unspecified atom stereocenters. The summed E-state index contributed by atoms with van der Waals surface area (Å²) in [5.41, 5.74) is 1.09. The van der Waals surface area contributed by atoms with Gasteiger partial charge in [-0.3, -0.25) is 4.79 Å². The SMILES string of the molecule is COC(=O)c1ccc(CN(C)C(=O)c2cc(F)ccc2O)cc1. The Morgan fingerprint density at radius 3 is 2.43 bits per heavy atom. The minimum absolute atomic E-state index is 0.0984. The third-order valence-electron chi connectivity index (χ3n) is 3.33. The highest BCUT2D eigenvalue weighted by molar-refractivity contribution is 5.96. The summed E-state index contributed by atoms with van der Waals surface area (Å²) >= 11 is 0. The standard InChI is InChI=1S/C17H16FNO4/c1-19(16(21)14-9-13(18)7-8-15(14)20)10-11-3-5-12(6-4-11)17(22)23-2/h3-9,20H,10H2,1-2H3. The average Bonchev–Trinajstić information content (AvgIpc) is 2.56. The molecular weight excluding hydrogens is 301 g/mol. The number of nitrogens with zero attached hydrogens (tertiary/aromatic N) is 1. The Kier molecular flexibility index (Phi) is 4.95. The normalized spacial score (nSPS) is 10.2. The van der Waals surface area contributed by atoms with Gasteiger partial charge in [0, 0.05) is 13.6 Å². The Bertz CT molecular complexity index is 728. The van der Waals surface area contributed by atoms with Crippen LogP contribution in [0.5, 0.6) is 5.75 Å². The number of carbonyl (C=O) groups excluding carboxylic acids is 2. The fraction of sp³-hybridized carbons (Fsp3) is 0.176. The van der Waals surface area contributed by atoms with Crippen molar-refractivity contribution < 1.29 is 23.8 Å². The zero-order valence-corrected chi connectivity index (χ0v) is 12.7. The third-order valence-corrected chi connectivity index (χ3v) is 3.33. The molecule has 0 heterocycles. The van der Waals surface area contributed by atoms with E-state index in [0.29, 0.717) is 5.56 Å². The van der Waals surface area contributed by atoms with E-state index in [1.807, 2.05) is 0 Å². The molecule has 0 aromatic heterocycles. The van der Waals surface area contributed by atoms with Gasteiger partial charge in [0.05, 0.1) is 18.2 Å². The summed E-state index contributed by atoms with van der Waals surface area (Å²) in [6.45, 7) is 0.246. The first-order chi connectivity index (χ1) is 10.9.